The summed E-state index contributed by atoms with van der Waals surface area (Å²) >= 11 is 0. The van der Waals surface area contributed by atoms with Gasteiger partial charge < -0.3 is 20.3 Å². The molecular weight excluding hydrogens is 340 g/mol. The smallest absolute Gasteiger partial charge is 0.230 e. The summed E-state index contributed by atoms with van der Waals surface area (Å²) < 4.78 is 5.27. The van der Waals surface area contributed by atoms with Crippen molar-refractivity contribution in [3.63, 3.8) is 0 Å². The number of benzene rings is 1. The molecule has 1 aromatic carbocycles. The van der Waals surface area contributed by atoms with Crippen molar-refractivity contribution in [1.29, 1.82) is 0 Å². The van der Waals surface area contributed by atoms with Crippen LogP contribution in [0.25, 0.3) is 0 Å². The zero-order chi connectivity index (χ0) is 16.8. The molecule has 6 nitrogen and oxygen atoms in total. The van der Waals surface area contributed by atoms with Crippen LogP contribution in [0, 0.1) is 0 Å². The molecule has 1 aromatic heterocycles. The van der Waals surface area contributed by atoms with Crippen molar-refractivity contribution in [2.24, 2.45) is 0 Å². The van der Waals surface area contributed by atoms with Gasteiger partial charge in [-0.15, -0.1) is 12.4 Å². The molecule has 0 unspecified atom stereocenters. The quantitative estimate of drug-likeness (QED) is 0.852. The number of halogens is 1. The van der Waals surface area contributed by atoms with Crippen LogP contribution in [-0.2, 0) is 11.2 Å². The molecule has 1 aliphatic rings. The fraction of sp³-hybridized carbons (Fsp3) is 0.333. The van der Waals surface area contributed by atoms with Gasteiger partial charge in [0.05, 0.1) is 25.4 Å². The number of para-hydroxylation sites is 1. The number of ether oxygens (including phenoxy) is 1. The Morgan fingerprint density at radius 2 is 2.00 bits per heavy atom. The van der Waals surface area contributed by atoms with Crippen molar-refractivity contribution in [2.75, 3.05) is 43.5 Å². The van der Waals surface area contributed by atoms with Crippen molar-refractivity contribution < 1.29 is 9.53 Å². The van der Waals surface area contributed by atoms with E-state index in [2.05, 4.69) is 20.5 Å². The molecule has 0 bridgehead atoms. The maximum absolute atomic E-state index is 12.2. The first-order valence-corrected chi connectivity index (χ1v) is 8.10. The van der Waals surface area contributed by atoms with Gasteiger partial charge in [-0.05, 0) is 18.2 Å². The van der Waals surface area contributed by atoms with Gasteiger partial charge in [0.25, 0.3) is 0 Å². The van der Waals surface area contributed by atoms with Crippen LogP contribution in [0.2, 0.25) is 0 Å². The first-order valence-electron chi connectivity index (χ1n) is 8.10. The Bertz CT molecular complexity index is 688. The summed E-state index contributed by atoms with van der Waals surface area (Å²) in [7, 11) is 1.60. The van der Waals surface area contributed by atoms with E-state index in [1.54, 1.807) is 7.11 Å². The molecule has 2 N–H and O–H groups in total. The lowest BCUT2D eigenvalue weighted by molar-refractivity contribution is -0.115. The minimum absolute atomic E-state index is 0. The lowest BCUT2D eigenvalue weighted by Gasteiger charge is -2.29. The Hall–Kier alpha value is -2.31. The maximum Gasteiger partial charge on any atom is 0.230 e. The first kappa shape index (κ1) is 19.0. The molecule has 0 aliphatic carbocycles. The van der Waals surface area contributed by atoms with E-state index in [4.69, 9.17) is 4.74 Å². The number of nitrogens with one attached hydrogen (secondary N) is 2. The number of hydrogen-bond acceptors (Lipinski definition) is 5. The molecule has 3 rings (SSSR count). The highest BCUT2D eigenvalue weighted by Gasteiger charge is 2.12. The summed E-state index contributed by atoms with van der Waals surface area (Å²) in [6, 6.07) is 11.4. The fourth-order valence-electron chi connectivity index (χ4n) is 2.78. The zero-order valence-electron chi connectivity index (χ0n) is 14.2. The molecule has 0 spiro atoms. The van der Waals surface area contributed by atoms with Crippen molar-refractivity contribution in [1.82, 2.24) is 10.3 Å². The van der Waals surface area contributed by atoms with Crippen LogP contribution in [-0.4, -0.2) is 44.2 Å². The Morgan fingerprint density at radius 3 is 2.68 bits per heavy atom. The largest absolute Gasteiger partial charge is 0.496 e. The van der Waals surface area contributed by atoms with E-state index in [0.29, 0.717) is 5.82 Å². The molecule has 2 aromatic rings. The van der Waals surface area contributed by atoms with Crippen LogP contribution in [0.3, 0.4) is 0 Å². The summed E-state index contributed by atoms with van der Waals surface area (Å²) in [6.07, 6.45) is 2.06. The molecule has 0 radical (unpaired) electrons. The van der Waals surface area contributed by atoms with Crippen LogP contribution in [0.5, 0.6) is 5.75 Å². The number of anilines is 2. The van der Waals surface area contributed by atoms with Crippen molar-refractivity contribution >= 4 is 29.8 Å². The minimum Gasteiger partial charge on any atom is -0.496 e. The molecule has 0 saturated carbocycles. The van der Waals surface area contributed by atoms with Crippen LogP contribution in [0.4, 0.5) is 11.5 Å². The average molecular weight is 363 g/mol. The zero-order valence-corrected chi connectivity index (χ0v) is 15.0. The number of carbonyl (C=O) groups is 1. The van der Waals surface area contributed by atoms with E-state index in [-0.39, 0.29) is 24.7 Å². The third-order valence-corrected chi connectivity index (χ3v) is 4.04. The van der Waals surface area contributed by atoms with E-state index in [9.17, 15) is 4.79 Å². The minimum atomic E-state index is -0.109. The molecule has 1 aliphatic heterocycles. The van der Waals surface area contributed by atoms with Crippen LogP contribution >= 0.6 is 12.4 Å². The normalized spacial score (nSPS) is 13.7. The van der Waals surface area contributed by atoms with E-state index in [0.717, 1.165) is 43.2 Å². The number of carbonyl (C=O) groups excluding carboxylic acids is 1. The molecule has 2 heterocycles. The van der Waals surface area contributed by atoms with Gasteiger partial charge in [0.1, 0.15) is 11.6 Å². The molecule has 25 heavy (non-hydrogen) atoms. The van der Waals surface area contributed by atoms with Gasteiger partial charge in [-0.25, -0.2) is 4.98 Å². The maximum atomic E-state index is 12.2. The second kappa shape index (κ2) is 9.25. The van der Waals surface area contributed by atoms with Gasteiger partial charge in [-0.3, -0.25) is 4.79 Å². The molecule has 7 heteroatoms. The van der Waals surface area contributed by atoms with E-state index < -0.39 is 0 Å². The second-order valence-corrected chi connectivity index (χ2v) is 5.68. The van der Waals surface area contributed by atoms with E-state index in [1.807, 2.05) is 42.6 Å². The highest BCUT2D eigenvalue weighted by atomic mass is 35.5. The molecule has 1 saturated heterocycles. The Labute approximate surface area is 154 Å². The van der Waals surface area contributed by atoms with Crippen molar-refractivity contribution in [3.05, 3.63) is 48.2 Å². The summed E-state index contributed by atoms with van der Waals surface area (Å²) in [6.45, 7) is 3.91. The molecule has 0 atom stereocenters. The van der Waals surface area contributed by atoms with E-state index in [1.165, 1.54) is 0 Å². The number of amides is 1. The SMILES string of the molecule is COc1ccccc1CC(=O)Nc1ccc(N2CCNCC2)cn1.Cl. The lowest BCUT2D eigenvalue weighted by Crippen LogP contribution is -2.43. The lowest BCUT2D eigenvalue weighted by atomic mass is 10.1. The molecule has 1 fully saturated rings. The standard InChI is InChI=1S/C18H22N4O2.ClH/c1-24-16-5-3-2-4-14(16)12-18(23)21-17-7-6-15(13-20-17)22-10-8-19-9-11-22;/h2-7,13,19H,8-12H2,1H3,(H,20,21,23);1H. The van der Waals surface area contributed by atoms with Gasteiger partial charge in [-0.1, -0.05) is 18.2 Å². The first-order chi connectivity index (χ1) is 11.8. The van der Waals surface area contributed by atoms with Crippen molar-refractivity contribution in [2.45, 2.75) is 6.42 Å². The predicted molar refractivity (Wildman–Crippen MR) is 102 cm³/mol. The summed E-state index contributed by atoms with van der Waals surface area (Å²) in [5, 5.41) is 6.16. The predicted octanol–water partition coefficient (Wildman–Crippen LogP) is 2.10. The number of nitrogens with zero attached hydrogens (tertiary/aromatic N) is 2. The molecular formula is C18H23ClN4O2. The van der Waals surface area contributed by atoms with Gasteiger partial charge in [0.2, 0.25) is 5.91 Å². The van der Waals surface area contributed by atoms with Gasteiger partial charge in [0, 0.05) is 31.7 Å². The van der Waals surface area contributed by atoms with Gasteiger partial charge in [0.15, 0.2) is 0 Å². The second-order valence-electron chi connectivity index (χ2n) is 5.68. The number of piperazine rings is 1. The highest BCUT2D eigenvalue weighted by molar-refractivity contribution is 5.91. The number of aromatic nitrogens is 1. The Balaban J connectivity index is 0.00000225. The van der Waals surface area contributed by atoms with E-state index >= 15 is 0 Å². The summed E-state index contributed by atoms with van der Waals surface area (Å²) in [5.74, 6) is 1.17. The molecule has 134 valence electrons. The number of methoxy groups -OCH3 is 1. The van der Waals surface area contributed by atoms with Gasteiger partial charge in [-0.2, -0.15) is 0 Å². The van der Waals surface area contributed by atoms with Crippen LogP contribution < -0.4 is 20.3 Å². The monoisotopic (exact) mass is 362 g/mol. The fourth-order valence-corrected chi connectivity index (χ4v) is 2.78. The third-order valence-electron chi connectivity index (χ3n) is 4.04. The number of pyridine rings is 1. The van der Waals surface area contributed by atoms with Crippen molar-refractivity contribution in [3.8, 4) is 5.75 Å². The van der Waals surface area contributed by atoms with Crippen LogP contribution in [0.1, 0.15) is 5.56 Å². The Morgan fingerprint density at radius 1 is 1.24 bits per heavy atom. The van der Waals surface area contributed by atoms with Gasteiger partial charge >= 0.3 is 0 Å². The van der Waals surface area contributed by atoms with Crippen LogP contribution in [0.15, 0.2) is 42.6 Å². The topological polar surface area (TPSA) is 66.5 Å². The number of rotatable bonds is 5. The summed E-state index contributed by atoms with van der Waals surface area (Å²) in [5.41, 5.74) is 1.94. The average Bonchev–Trinajstić information content (AvgIpc) is 2.63. The summed E-state index contributed by atoms with van der Waals surface area (Å²) in [4.78, 5) is 18.8. The Kier molecular flexibility index (Phi) is 7.03. The number of hydrogen-bond donors (Lipinski definition) is 2. The molecule has 1 amide bonds. The third kappa shape index (κ3) is 5.08. The highest BCUT2D eigenvalue weighted by Crippen LogP contribution is 2.19.